The van der Waals surface area contributed by atoms with Gasteiger partial charge in [0.05, 0.1) is 0 Å². The number of anilines is 3. The van der Waals surface area contributed by atoms with E-state index in [2.05, 4.69) is 263 Å². The second-order valence-corrected chi connectivity index (χ2v) is 20.1. The Kier molecular flexibility index (Phi) is 9.58. The van der Waals surface area contributed by atoms with Gasteiger partial charge in [-0.15, -0.1) is 0 Å². The molecule has 2 heteroatoms. The first-order valence-electron chi connectivity index (χ1n) is 24.5. The zero-order valence-corrected chi connectivity index (χ0v) is 39.9. The Bertz CT molecular complexity index is 3830. The van der Waals surface area contributed by atoms with Crippen molar-refractivity contribution in [3.63, 3.8) is 0 Å². The average Bonchev–Trinajstić information content (AvgIpc) is 3.63. The molecule has 2 nitrogen and oxygen atoms in total. The molecule has 0 atom stereocenters. The van der Waals surface area contributed by atoms with Crippen molar-refractivity contribution in [2.24, 2.45) is 0 Å². The molecule has 0 saturated carbocycles. The van der Waals surface area contributed by atoms with E-state index < -0.39 is 0 Å². The molecule has 11 aromatic carbocycles. The van der Waals surface area contributed by atoms with Crippen LogP contribution in [0.25, 0.3) is 77.2 Å². The van der Waals surface area contributed by atoms with Gasteiger partial charge in [-0.2, -0.15) is 0 Å². The molecule has 0 N–H and O–H groups in total. The van der Waals surface area contributed by atoms with Crippen LogP contribution in [0.3, 0.4) is 0 Å². The summed E-state index contributed by atoms with van der Waals surface area (Å²) in [6.45, 7) is 9.35. The Hall–Kier alpha value is -8.46. The highest BCUT2D eigenvalue weighted by atomic mass is 16.5. The number of rotatable bonds is 7. The Morgan fingerprint density at radius 1 is 0.286 bits per heavy atom. The fourth-order valence-corrected chi connectivity index (χ4v) is 11.5. The van der Waals surface area contributed by atoms with Crippen molar-refractivity contribution in [1.82, 2.24) is 0 Å². The minimum Gasteiger partial charge on any atom is -0.457 e. The van der Waals surface area contributed by atoms with Crippen molar-refractivity contribution >= 4 is 38.6 Å². The van der Waals surface area contributed by atoms with Crippen LogP contribution in [-0.2, 0) is 10.8 Å². The summed E-state index contributed by atoms with van der Waals surface area (Å²) in [5.74, 6) is 1.86. The molecular weight excluding hydrogens is 847 g/mol. The monoisotopic (exact) mass is 897 g/mol. The normalized spacial score (nSPS) is 13.8. The van der Waals surface area contributed by atoms with Gasteiger partial charge in [0.25, 0.3) is 0 Å². The van der Waals surface area contributed by atoms with Crippen LogP contribution >= 0.6 is 0 Å². The minimum absolute atomic E-state index is 0.156. The maximum absolute atomic E-state index is 6.41. The van der Waals surface area contributed by atoms with Gasteiger partial charge in [-0.3, -0.25) is 0 Å². The molecule has 11 aromatic rings. The molecule has 1 aliphatic carbocycles. The van der Waals surface area contributed by atoms with Crippen LogP contribution in [0.1, 0.15) is 49.9 Å². The maximum Gasteiger partial charge on any atom is 0.131 e. The summed E-state index contributed by atoms with van der Waals surface area (Å²) >= 11 is 0. The third-order valence-corrected chi connectivity index (χ3v) is 15.4. The molecule has 0 amide bonds. The summed E-state index contributed by atoms with van der Waals surface area (Å²) in [5, 5.41) is 5.05. The van der Waals surface area contributed by atoms with Gasteiger partial charge in [-0.05, 0) is 155 Å². The number of nitrogens with zero attached hydrogens (tertiary/aromatic N) is 1. The summed E-state index contributed by atoms with van der Waals surface area (Å²) in [5.41, 5.74) is 20.4. The standard InChI is InChI=1S/C68H51NO/c1-67(2)61-21-9-10-22-65(61)70-66-40-31-50(42-64(66)67)45-25-34-53(35-26-45)69(54-36-27-48(28-37-54)57-19-11-15-46-13-5-7-17-55(46)57)52-32-23-44(24-33-52)49-29-38-59-60-39-30-51(43-63(60)68(3,4)62(59)41-49)58-20-12-16-47-14-6-8-18-56(47)58/h5-43H,1-4H3. The fraction of sp³-hybridized carbons (Fsp3) is 0.0882. The second kappa shape index (κ2) is 16.1. The Morgan fingerprint density at radius 2 is 0.686 bits per heavy atom. The molecule has 0 unspecified atom stereocenters. The molecule has 1 aliphatic heterocycles. The largest absolute Gasteiger partial charge is 0.457 e. The molecule has 0 bridgehead atoms. The quantitative estimate of drug-likeness (QED) is 0.158. The van der Waals surface area contributed by atoms with Crippen molar-refractivity contribution in [2.75, 3.05) is 4.90 Å². The molecule has 0 fully saturated rings. The summed E-state index contributed by atoms with van der Waals surface area (Å²) in [4.78, 5) is 2.37. The van der Waals surface area contributed by atoms with Gasteiger partial charge in [-0.1, -0.05) is 198 Å². The molecule has 0 radical (unpaired) electrons. The first kappa shape index (κ1) is 41.7. The van der Waals surface area contributed by atoms with Gasteiger partial charge in [0, 0.05) is 39.0 Å². The van der Waals surface area contributed by atoms with Crippen molar-refractivity contribution in [3.05, 3.63) is 259 Å². The SMILES string of the molecule is CC1(C)c2ccccc2Oc2ccc(-c3ccc(N(c4ccc(-c5ccc6c(c5)C(C)(C)c5cc(-c7cccc8ccccc78)ccc5-6)cc4)c4ccc(-c5cccc6ccccc56)cc4)cc3)cc21. The molecule has 1 heterocycles. The number of hydrogen-bond donors (Lipinski definition) is 0. The fourth-order valence-electron chi connectivity index (χ4n) is 11.5. The van der Waals surface area contributed by atoms with E-state index in [4.69, 9.17) is 4.74 Å². The van der Waals surface area contributed by atoms with Gasteiger partial charge < -0.3 is 9.64 Å². The lowest BCUT2D eigenvalue weighted by Crippen LogP contribution is -2.24. The molecule has 13 rings (SSSR count). The molecule has 0 spiro atoms. The van der Waals surface area contributed by atoms with Crippen molar-refractivity contribution in [3.8, 4) is 67.1 Å². The van der Waals surface area contributed by atoms with E-state index in [0.717, 1.165) is 34.1 Å². The first-order valence-corrected chi connectivity index (χ1v) is 24.5. The number of hydrogen-bond acceptors (Lipinski definition) is 2. The van der Waals surface area contributed by atoms with E-state index in [0.29, 0.717) is 0 Å². The van der Waals surface area contributed by atoms with Gasteiger partial charge in [0.15, 0.2) is 0 Å². The van der Waals surface area contributed by atoms with E-state index in [9.17, 15) is 0 Å². The Balaban J connectivity index is 0.842. The van der Waals surface area contributed by atoms with Gasteiger partial charge >= 0.3 is 0 Å². The van der Waals surface area contributed by atoms with E-state index >= 15 is 0 Å². The average molecular weight is 898 g/mol. The lowest BCUT2D eigenvalue weighted by atomic mass is 9.75. The van der Waals surface area contributed by atoms with Gasteiger partial charge in [-0.25, -0.2) is 0 Å². The smallest absolute Gasteiger partial charge is 0.131 e. The molecule has 2 aliphatic rings. The Labute approximate surface area is 410 Å². The zero-order chi connectivity index (χ0) is 47.1. The van der Waals surface area contributed by atoms with E-state index in [1.165, 1.54) is 93.9 Å². The summed E-state index contributed by atoms with van der Waals surface area (Å²) in [6, 6.07) is 86.8. The van der Waals surface area contributed by atoms with Crippen LogP contribution in [0.5, 0.6) is 11.5 Å². The van der Waals surface area contributed by atoms with Gasteiger partial charge in [0.2, 0.25) is 0 Å². The highest BCUT2D eigenvalue weighted by Gasteiger charge is 2.37. The summed E-state index contributed by atoms with van der Waals surface area (Å²) in [6.07, 6.45) is 0. The molecular formula is C68H51NO. The lowest BCUT2D eigenvalue weighted by Gasteiger charge is -2.34. The van der Waals surface area contributed by atoms with Crippen LogP contribution in [0.2, 0.25) is 0 Å². The van der Waals surface area contributed by atoms with Crippen LogP contribution in [0, 0.1) is 0 Å². The van der Waals surface area contributed by atoms with Crippen molar-refractivity contribution in [2.45, 2.75) is 38.5 Å². The number of benzene rings is 11. The van der Waals surface area contributed by atoms with E-state index in [1.54, 1.807) is 0 Å². The third kappa shape index (κ3) is 6.78. The zero-order valence-electron chi connectivity index (χ0n) is 39.9. The topological polar surface area (TPSA) is 12.5 Å². The number of fused-ring (bicyclic) bond motifs is 7. The Morgan fingerprint density at radius 3 is 1.27 bits per heavy atom. The summed E-state index contributed by atoms with van der Waals surface area (Å²) < 4.78 is 6.41. The highest BCUT2D eigenvalue weighted by Crippen LogP contribution is 2.52. The molecule has 334 valence electrons. The van der Waals surface area contributed by atoms with Crippen LogP contribution < -0.4 is 9.64 Å². The van der Waals surface area contributed by atoms with Crippen LogP contribution in [0.4, 0.5) is 17.1 Å². The third-order valence-electron chi connectivity index (χ3n) is 15.4. The molecule has 70 heavy (non-hydrogen) atoms. The predicted octanol–water partition coefficient (Wildman–Crippen LogP) is 18.9. The predicted molar refractivity (Wildman–Crippen MR) is 294 cm³/mol. The van der Waals surface area contributed by atoms with E-state index in [1.807, 2.05) is 6.07 Å². The number of ether oxygens (including phenoxy) is 1. The summed E-state index contributed by atoms with van der Waals surface area (Å²) in [7, 11) is 0. The molecule has 0 saturated heterocycles. The van der Waals surface area contributed by atoms with Crippen LogP contribution in [-0.4, -0.2) is 0 Å². The first-order chi connectivity index (χ1) is 34.2. The van der Waals surface area contributed by atoms with Crippen molar-refractivity contribution in [1.29, 1.82) is 0 Å². The highest BCUT2D eigenvalue weighted by molar-refractivity contribution is 5.99. The van der Waals surface area contributed by atoms with E-state index in [-0.39, 0.29) is 10.8 Å². The maximum atomic E-state index is 6.41. The minimum atomic E-state index is -0.190. The van der Waals surface area contributed by atoms with Crippen molar-refractivity contribution < 1.29 is 4.74 Å². The van der Waals surface area contributed by atoms with Gasteiger partial charge in [0.1, 0.15) is 11.5 Å². The number of para-hydroxylation sites is 1. The van der Waals surface area contributed by atoms with Crippen LogP contribution in [0.15, 0.2) is 237 Å². The molecule has 0 aromatic heterocycles. The second-order valence-electron chi connectivity index (χ2n) is 20.1. The lowest BCUT2D eigenvalue weighted by molar-refractivity contribution is 0.418.